The molecule has 0 aliphatic heterocycles. The van der Waals surface area contributed by atoms with Crippen LogP contribution in [0.4, 0.5) is 5.82 Å². The molecule has 0 aliphatic rings. The molecule has 11 heteroatoms. The molecule has 2 atom stereocenters. The van der Waals surface area contributed by atoms with Crippen LogP contribution >= 0.6 is 11.6 Å². The van der Waals surface area contributed by atoms with Crippen molar-refractivity contribution in [3.05, 3.63) is 47.7 Å². The lowest BCUT2D eigenvalue weighted by Crippen LogP contribution is -2.72. The minimum absolute atomic E-state index is 0.00651. The quantitative estimate of drug-likeness (QED) is 0.418. The van der Waals surface area contributed by atoms with E-state index in [0.717, 1.165) is 0 Å². The van der Waals surface area contributed by atoms with Crippen LogP contribution in [-0.4, -0.2) is 41.5 Å². The summed E-state index contributed by atoms with van der Waals surface area (Å²) in [4.78, 5) is 19.9. The first-order valence-electron chi connectivity index (χ1n) is 8.49. The molecular weight excluding hydrogens is 418 g/mol. The van der Waals surface area contributed by atoms with Crippen LogP contribution in [0.3, 0.4) is 0 Å². The van der Waals surface area contributed by atoms with Gasteiger partial charge in [0, 0.05) is 5.39 Å². The number of amides is 1. The number of carbonyl (C=O) groups excluding carboxylic acids is 1. The number of halogens is 1. The van der Waals surface area contributed by atoms with E-state index in [1.807, 2.05) is 4.72 Å². The van der Waals surface area contributed by atoms with Gasteiger partial charge < -0.3 is 16.6 Å². The van der Waals surface area contributed by atoms with E-state index in [1.165, 1.54) is 19.1 Å². The number of benzene rings is 2. The zero-order chi connectivity index (χ0) is 21.3. The highest BCUT2D eigenvalue weighted by Crippen LogP contribution is 2.28. The van der Waals surface area contributed by atoms with Crippen molar-refractivity contribution in [1.82, 2.24) is 14.7 Å². The normalized spacial score (nSPS) is 13.8. The lowest BCUT2D eigenvalue weighted by atomic mass is 10.0. The number of aliphatic hydroxyl groups excluding tert-OH is 1. The third-order valence-corrected chi connectivity index (χ3v) is 5.84. The molecule has 3 rings (SSSR count). The molecule has 29 heavy (non-hydrogen) atoms. The largest absolute Gasteiger partial charge is 0.387 e. The first-order chi connectivity index (χ1) is 13.6. The van der Waals surface area contributed by atoms with Gasteiger partial charge in [-0.2, -0.15) is 0 Å². The molecule has 9 nitrogen and oxygen atoms in total. The van der Waals surface area contributed by atoms with Crippen LogP contribution in [0, 0.1) is 0 Å². The van der Waals surface area contributed by atoms with Crippen LogP contribution in [0.25, 0.3) is 22.0 Å². The summed E-state index contributed by atoms with van der Waals surface area (Å²) in [7, 11) is -4.14. The number of aliphatic hydroxyl groups is 1. The SMILES string of the molecule is C[C@@H](O)[C@H]([NH3+])C(=O)NS(=O)(=O)c1cccc(-c2ccc3c(N)nc(Cl)nc3c2)c1. The number of quaternary nitrogens is 1. The monoisotopic (exact) mass is 436 g/mol. The van der Waals surface area contributed by atoms with Gasteiger partial charge in [0.05, 0.1) is 10.4 Å². The van der Waals surface area contributed by atoms with Crippen molar-refractivity contribution in [3.63, 3.8) is 0 Å². The Balaban J connectivity index is 1.97. The van der Waals surface area contributed by atoms with E-state index in [2.05, 4.69) is 15.7 Å². The highest BCUT2D eigenvalue weighted by atomic mass is 35.5. The lowest BCUT2D eigenvalue weighted by molar-refractivity contribution is -0.419. The summed E-state index contributed by atoms with van der Waals surface area (Å²) in [6.07, 6.45) is -1.09. The van der Waals surface area contributed by atoms with Crippen molar-refractivity contribution >= 4 is 44.3 Å². The summed E-state index contributed by atoms with van der Waals surface area (Å²) >= 11 is 5.86. The average Bonchev–Trinajstić information content (AvgIpc) is 2.66. The number of nitrogens with two attached hydrogens (primary N) is 1. The molecule has 152 valence electrons. The standard InChI is InChI=1S/C18H18ClN5O4S/c1-9(25)15(20)17(26)24-29(27,28)12-4-2-3-10(7-12)11-5-6-13-14(8-11)22-18(19)23-16(13)21/h2-9,15,25H,20H2,1H3,(H,24,26)(H2,21,22,23)/p+1/t9-,15+/m1/s1. The maximum Gasteiger partial charge on any atom is 0.294 e. The van der Waals surface area contributed by atoms with Gasteiger partial charge in [0.2, 0.25) is 5.28 Å². The summed E-state index contributed by atoms with van der Waals surface area (Å²) in [5.74, 6) is -0.649. The van der Waals surface area contributed by atoms with Crippen molar-refractivity contribution < 1.29 is 24.1 Å². The Morgan fingerprint density at radius 1 is 1.21 bits per heavy atom. The maximum absolute atomic E-state index is 12.6. The van der Waals surface area contributed by atoms with Crippen LogP contribution in [0.1, 0.15) is 6.92 Å². The third-order valence-electron chi connectivity index (χ3n) is 4.33. The second-order valence-electron chi connectivity index (χ2n) is 6.45. The second-order valence-corrected chi connectivity index (χ2v) is 8.47. The number of rotatable bonds is 5. The average molecular weight is 437 g/mol. The molecule has 0 fully saturated rings. The Hall–Kier alpha value is -2.79. The number of fused-ring (bicyclic) bond motifs is 1. The summed E-state index contributed by atoms with van der Waals surface area (Å²) in [5.41, 5.74) is 11.1. The first-order valence-corrected chi connectivity index (χ1v) is 10.4. The summed E-state index contributed by atoms with van der Waals surface area (Å²) in [5, 5.41) is 10.1. The number of nitrogens with zero attached hydrogens (tertiary/aromatic N) is 2. The van der Waals surface area contributed by atoms with Gasteiger partial charge in [-0.25, -0.2) is 23.1 Å². The Morgan fingerprint density at radius 3 is 2.59 bits per heavy atom. The van der Waals surface area contributed by atoms with Crippen molar-refractivity contribution in [2.45, 2.75) is 24.0 Å². The fraction of sp³-hybridized carbons (Fsp3) is 0.167. The molecule has 0 saturated carbocycles. The molecule has 0 saturated heterocycles. The number of aromatic nitrogens is 2. The van der Waals surface area contributed by atoms with E-state index in [1.54, 1.807) is 30.3 Å². The molecule has 0 aliphatic carbocycles. The molecule has 1 amide bonds. The second kappa shape index (κ2) is 7.91. The number of anilines is 1. The topological polar surface area (TPSA) is 163 Å². The molecule has 1 heterocycles. The van der Waals surface area contributed by atoms with E-state index in [4.69, 9.17) is 17.3 Å². The predicted molar refractivity (Wildman–Crippen MR) is 108 cm³/mol. The van der Waals surface area contributed by atoms with Gasteiger partial charge in [0.1, 0.15) is 11.9 Å². The van der Waals surface area contributed by atoms with Gasteiger partial charge in [-0.1, -0.05) is 18.2 Å². The fourth-order valence-corrected chi connectivity index (χ4v) is 3.89. The van der Waals surface area contributed by atoms with Crippen LogP contribution in [0.15, 0.2) is 47.4 Å². The number of sulfonamides is 1. The van der Waals surface area contributed by atoms with E-state index >= 15 is 0 Å². The number of hydrogen-bond acceptors (Lipinski definition) is 7. The van der Waals surface area contributed by atoms with Gasteiger partial charge in [0.15, 0.2) is 6.04 Å². The Kier molecular flexibility index (Phi) is 5.71. The van der Waals surface area contributed by atoms with Crippen molar-refractivity contribution in [1.29, 1.82) is 0 Å². The Bertz CT molecular complexity index is 1200. The minimum Gasteiger partial charge on any atom is -0.387 e. The fourth-order valence-electron chi connectivity index (χ4n) is 2.63. The maximum atomic E-state index is 12.6. The predicted octanol–water partition coefficient (Wildman–Crippen LogP) is 0.329. The number of hydrogen-bond donors (Lipinski definition) is 4. The van der Waals surface area contributed by atoms with Gasteiger partial charge in [-0.3, -0.25) is 4.79 Å². The van der Waals surface area contributed by atoms with Crippen LogP contribution < -0.4 is 16.2 Å². The molecule has 0 unspecified atom stereocenters. The van der Waals surface area contributed by atoms with Crippen LogP contribution in [0.5, 0.6) is 0 Å². The van der Waals surface area contributed by atoms with Gasteiger partial charge in [-0.05, 0) is 53.9 Å². The molecule has 0 spiro atoms. The molecule has 0 bridgehead atoms. The summed E-state index contributed by atoms with van der Waals surface area (Å²) in [6, 6.07) is 10.1. The van der Waals surface area contributed by atoms with E-state index in [9.17, 15) is 18.3 Å². The molecule has 3 aromatic rings. The van der Waals surface area contributed by atoms with Crippen molar-refractivity contribution in [2.75, 3.05) is 5.73 Å². The Morgan fingerprint density at radius 2 is 1.90 bits per heavy atom. The van der Waals surface area contributed by atoms with E-state index in [-0.39, 0.29) is 16.0 Å². The minimum atomic E-state index is -4.14. The third kappa shape index (κ3) is 4.46. The lowest BCUT2D eigenvalue weighted by Gasteiger charge is -2.13. The molecule has 1 aromatic heterocycles. The summed E-state index contributed by atoms with van der Waals surface area (Å²) < 4.78 is 27.1. The Labute approximate surface area is 171 Å². The molecule has 0 radical (unpaired) electrons. The van der Waals surface area contributed by atoms with Gasteiger partial charge in [0.25, 0.3) is 15.9 Å². The molecule has 2 aromatic carbocycles. The number of nitrogens with one attached hydrogen (secondary N) is 1. The van der Waals surface area contributed by atoms with Crippen LogP contribution in [-0.2, 0) is 14.8 Å². The van der Waals surface area contributed by atoms with Crippen LogP contribution in [0.2, 0.25) is 5.28 Å². The van der Waals surface area contributed by atoms with E-state index in [0.29, 0.717) is 22.0 Å². The number of carbonyl (C=O) groups is 1. The molecule has 7 N–H and O–H groups in total. The summed E-state index contributed by atoms with van der Waals surface area (Å²) in [6.45, 7) is 1.35. The highest BCUT2D eigenvalue weighted by Gasteiger charge is 2.28. The van der Waals surface area contributed by atoms with E-state index < -0.39 is 28.1 Å². The van der Waals surface area contributed by atoms with Gasteiger partial charge in [-0.15, -0.1) is 0 Å². The van der Waals surface area contributed by atoms with Crippen molar-refractivity contribution in [2.24, 2.45) is 0 Å². The van der Waals surface area contributed by atoms with Gasteiger partial charge >= 0.3 is 0 Å². The van der Waals surface area contributed by atoms with Crippen molar-refractivity contribution in [3.8, 4) is 11.1 Å². The zero-order valence-electron chi connectivity index (χ0n) is 15.3. The smallest absolute Gasteiger partial charge is 0.294 e. The number of nitrogen functional groups attached to an aromatic ring is 1. The zero-order valence-corrected chi connectivity index (χ0v) is 16.9. The molecular formula is C18H19ClN5O4S+. The first kappa shape index (κ1) is 20.9. The highest BCUT2D eigenvalue weighted by molar-refractivity contribution is 7.90.